The monoisotopic (exact) mass is 522 g/mol. The topological polar surface area (TPSA) is 82.2 Å². The van der Waals surface area contributed by atoms with Crippen LogP contribution in [0.1, 0.15) is 57.8 Å². The third-order valence-electron chi connectivity index (χ3n) is 10.1. The van der Waals surface area contributed by atoms with Gasteiger partial charge in [0.1, 0.15) is 12.1 Å². The predicted molar refractivity (Wildman–Crippen MR) is 144 cm³/mol. The van der Waals surface area contributed by atoms with Gasteiger partial charge in [0.05, 0.1) is 12.1 Å². The van der Waals surface area contributed by atoms with Crippen LogP contribution in [-0.4, -0.2) is 79.6 Å². The summed E-state index contributed by atoms with van der Waals surface area (Å²) in [5.74, 6) is 2.43. The van der Waals surface area contributed by atoms with Gasteiger partial charge in [-0.15, -0.1) is 0 Å². The first kappa shape index (κ1) is 25.7. The van der Waals surface area contributed by atoms with Crippen molar-refractivity contribution in [1.29, 1.82) is 0 Å². The molecule has 0 unspecified atom stereocenters. The molecule has 0 aromatic heterocycles. The molecular formula is C30H42N4O4. The zero-order valence-corrected chi connectivity index (χ0v) is 22.7. The number of hydrogen-bond acceptors (Lipinski definition) is 5. The molecule has 38 heavy (non-hydrogen) atoms. The number of carbonyl (C=O) groups excluding carboxylic acids is 3. The molecule has 206 valence electrons. The molecule has 6 fully saturated rings. The molecule has 7 rings (SSSR count). The number of nitrogens with zero attached hydrogens (tertiary/aromatic N) is 3. The Hall–Kier alpha value is -2.61. The third kappa shape index (κ3) is 4.48. The number of benzene rings is 1. The highest BCUT2D eigenvalue weighted by Crippen LogP contribution is 2.60. The van der Waals surface area contributed by atoms with E-state index in [1.165, 1.54) is 19.3 Å². The van der Waals surface area contributed by atoms with Crippen LogP contribution in [0.25, 0.3) is 0 Å². The highest BCUT2D eigenvalue weighted by atomic mass is 16.5. The van der Waals surface area contributed by atoms with Crippen LogP contribution in [0.15, 0.2) is 30.3 Å². The SMILES string of the molecule is COCCCNC(=O)CN1CN(c2ccccc2)C2(CCN(C(=O)C34CC5CC(CC(C5)C3)C4)CC2)C1=O. The average molecular weight is 523 g/mol. The zero-order chi connectivity index (χ0) is 26.3. The normalized spacial score (nSPS) is 31.3. The Kier molecular flexibility index (Phi) is 6.87. The van der Waals surface area contributed by atoms with Gasteiger partial charge in [0.15, 0.2) is 0 Å². The van der Waals surface area contributed by atoms with Crippen LogP contribution in [0.3, 0.4) is 0 Å². The van der Waals surface area contributed by atoms with Crippen LogP contribution >= 0.6 is 0 Å². The largest absolute Gasteiger partial charge is 0.385 e. The fraction of sp³-hybridized carbons (Fsp3) is 0.700. The van der Waals surface area contributed by atoms with Gasteiger partial charge in [0, 0.05) is 39.0 Å². The number of nitrogens with one attached hydrogen (secondary N) is 1. The Labute approximate surface area is 226 Å². The molecule has 8 heteroatoms. The number of methoxy groups -OCH3 is 1. The number of para-hydroxylation sites is 1. The number of anilines is 1. The molecule has 1 aromatic rings. The summed E-state index contributed by atoms with van der Waals surface area (Å²) in [7, 11) is 1.64. The third-order valence-corrected chi connectivity index (χ3v) is 10.1. The molecule has 3 amide bonds. The maximum Gasteiger partial charge on any atom is 0.250 e. The molecule has 6 aliphatic rings. The minimum atomic E-state index is -0.712. The molecule has 2 aliphatic heterocycles. The quantitative estimate of drug-likeness (QED) is 0.531. The lowest BCUT2D eigenvalue weighted by molar-refractivity contribution is -0.160. The molecule has 4 bridgehead atoms. The minimum absolute atomic E-state index is 0.00954. The van der Waals surface area contributed by atoms with E-state index >= 15 is 0 Å². The fourth-order valence-corrected chi connectivity index (χ4v) is 8.78. The first-order valence-electron chi connectivity index (χ1n) is 14.6. The summed E-state index contributed by atoms with van der Waals surface area (Å²) in [6.07, 6.45) is 9.13. The van der Waals surface area contributed by atoms with Gasteiger partial charge in [-0.2, -0.15) is 0 Å². The second kappa shape index (κ2) is 10.2. The predicted octanol–water partition coefficient (Wildman–Crippen LogP) is 3.02. The molecule has 1 spiro atoms. The number of likely N-dealkylation sites (tertiary alicyclic amines) is 1. The first-order valence-corrected chi connectivity index (χ1v) is 14.6. The molecular weight excluding hydrogens is 480 g/mol. The molecule has 0 atom stereocenters. The maximum atomic E-state index is 14.0. The zero-order valence-electron chi connectivity index (χ0n) is 22.7. The molecule has 4 aliphatic carbocycles. The lowest BCUT2D eigenvalue weighted by Gasteiger charge is -2.57. The van der Waals surface area contributed by atoms with Crippen molar-refractivity contribution in [2.75, 3.05) is 51.5 Å². The molecule has 2 heterocycles. The molecule has 1 aromatic carbocycles. The summed E-state index contributed by atoms with van der Waals surface area (Å²) >= 11 is 0. The van der Waals surface area contributed by atoms with Crippen molar-refractivity contribution in [1.82, 2.24) is 15.1 Å². The second-order valence-electron chi connectivity index (χ2n) is 12.6. The van der Waals surface area contributed by atoms with E-state index in [-0.39, 0.29) is 23.8 Å². The van der Waals surface area contributed by atoms with E-state index < -0.39 is 5.54 Å². The Morgan fingerprint density at radius 3 is 2.24 bits per heavy atom. The number of carbonyl (C=O) groups is 3. The molecule has 4 saturated carbocycles. The van der Waals surface area contributed by atoms with Crippen LogP contribution in [0, 0.1) is 23.2 Å². The standard InChI is InChI=1S/C30H42N4O4/c1-38-13-5-10-31-26(35)20-33-21-34(25-6-3-2-4-7-25)30(28(33)37)8-11-32(12-9-30)27(36)29-17-22-14-23(18-29)16-24(15-22)19-29/h2-4,6-7,22-24H,5,8-21H2,1H3,(H,31,35). The van der Waals surface area contributed by atoms with Crippen molar-refractivity contribution in [2.24, 2.45) is 23.2 Å². The van der Waals surface area contributed by atoms with Crippen molar-refractivity contribution in [3.8, 4) is 0 Å². The van der Waals surface area contributed by atoms with Crippen molar-refractivity contribution < 1.29 is 19.1 Å². The summed E-state index contributed by atoms with van der Waals surface area (Å²) in [5.41, 5.74) is 0.130. The van der Waals surface area contributed by atoms with Crippen LogP contribution < -0.4 is 10.2 Å². The van der Waals surface area contributed by atoms with E-state index in [0.29, 0.717) is 51.7 Å². The summed E-state index contributed by atoms with van der Waals surface area (Å²) in [6, 6.07) is 10.0. The van der Waals surface area contributed by atoms with Crippen LogP contribution in [-0.2, 0) is 19.1 Å². The first-order chi connectivity index (χ1) is 18.4. The van der Waals surface area contributed by atoms with E-state index in [9.17, 15) is 14.4 Å². The molecule has 2 saturated heterocycles. The van der Waals surface area contributed by atoms with Gasteiger partial charge < -0.3 is 24.8 Å². The highest BCUT2D eigenvalue weighted by Gasteiger charge is 2.58. The van der Waals surface area contributed by atoms with Gasteiger partial charge in [-0.05, 0) is 87.7 Å². The number of hydrogen-bond donors (Lipinski definition) is 1. The Balaban J connectivity index is 1.16. The van der Waals surface area contributed by atoms with Crippen LogP contribution in [0.5, 0.6) is 0 Å². The van der Waals surface area contributed by atoms with Gasteiger partial charge in [-0.3, -0.25) is 14.4 Å². The van der Waals surface area contributed by atoms with E-state index in [1.54, 1.807) is 12.0 Å². The van der Waals surface area contributed by atoms with Crippen LogP contribution in [0.4, 0.5) is 5.69 Å². The Morgan fingerprint density at radius 2 is 1.63 bits per heavy atom. The fourth-order valence-electron chi connectivity index (χ4n) is 8.78. The van der Waals surface area contributed by atoms with Crippen molar-refractivity contribution in [3.63, 3.8) is 0 Å². The van der Waals surface area contributed by atoms with Crippen molar-refractivity contribution in [3.05, 3.63) is 30.3 Å². The van der Waals surface area contributed by atoms with Crippen molar-refractivity contribution >= 4 is 23.4 Å². The summed E-state index contributed by atoms with van der Waals surface area (Å²) in [5, 5.41) is 2.91. The van der Waals surface area contributed by atoms with Gasteiger partial charge in [0.2, 0.25) is 11.8 Å². The van der Waals surface area contributed by atoms with Gasteiger partial charge >= 0.3 is 0 Å². The lowest BCUT2D eigenvalue weighted by atomic mass is 9.49. The molecule has 1 N–H and O–H groups in total. The maximum absolute atomic E-state index is 14.0. The molecule has 0 radical (unpaired) electrons. The smallest absolute Gasteiger partial charge is 0.250 e. The molecule has 8 nitrogen and oxygen atoms in total. The Bertz CT molecular complexity index is 1020. The van der Waals surface area contributed by atoms with Gasteiger partial charge in [-0.1, -0.05) is 18.2 Å². The average Bonchev–Trinajstić information content (AvgIpc) is 3.17. The van der Waals surface area contributed by atoms with E-state index in [2.05, 4.69) is 15.1 Å². The number of rotatable bonds is 8. The van der Waals surface area contributed by atoms with Gasteiger partial charge in [-0.25, -0.2) is 0 Å². The van der Waals surface area contributed by atoms with Crippen molar-refractivity contribution in [2.45, 2.75) is 63.3 Å². The van der Waals surface area contributed by atoms with Gasteiger partial charge in [0.25, 0.3) is 5.91 Å². The summed E-state index contributed by atoms with van der Waals surface area (Å²) in [6.45, 7) is 2.76. The second-order valence-corrected chi connectivity index (χ2v) is 12.6. The number of amides is 3. The summed E-state index contributed by atoms with van der Waals surface area (Å²) < 4.78 is 5.06. The summed E-state index contributed by atoms with van der Waals surface area (Å²) in [4.78, 5) is 46.6. The number of piperidine rings is 1. The highest BCUT2D eigenvalue weighted by molar-refractivity contribution is 5.96. The Morgan fingerprint density at radius 1 is 1.00 bits per heavy atom. The van der Waals surface area contributed by atoms with Crippen LogP contribution in [0.2, 0.25) is 0 Å². The lowest BCUT2D eigenvalue weighted by Crippen LogP contribution is -2.61. The minimum Gasteiger partial charge on any atom is -0.385 e. The van der Waals surface area contributed by atoms with E-state index in [0.717, 1.165) is 49.1 Å². The van der Waals surface area contributed by atoms with E-state index in [1.807, 2.05) is 30.3 Å². The number of ether oxygens (including phenoxy) is 1. The van der Waals surface area contributed by atoms with E-state index in [4.69, 9.17) is 4.74 Å².